The molecule has 2 unspecified atom stereocenters. The second kappa shape index (κ2) is 8.71. The molecule has 5 heteroatoms. The fraction of sp³-hybridized carbons (Fsp3) is 0.348. The molecule has 1 aliphatic heterocycles. The molecular weight excluding hydrogens is 350 g/mol. The molecule has 144 valence electrons. The third kappa shape index (κ3) is 4.23. The molecule has 0 bridgehead atoms. The molecule has 0 saturated carbocycles. The van der Waals surface area contributed by atoms with Crippen LogP contribution in [-0.2, 0) is 16.1 Å². The zero-order valence-electron chi connectivity index (χ0n) is 16.3. The van der Waals surface area contributed by atoms with Gasteiger partial charge in [-0.1, -0.05) is 42.5 Å². The molecule has 1 fully saturated rings. The number of carbonyl (C=O) groups is 2. The van der Waals surface area contributed by atoms with Gasteiger partial charge in [0.2, 0.25) is 11.8 Å². The number of benzene rings is 2. The molecular formula is C23H25N3O2. The molecule has 2 aromatic carbocycles. The number of amides is 2. The Kier molecular flexibility index (Phi) is 6.10. The largest absolute Gasteiger partial charge is 0.338 e. The maximum Gasteiger partial charge on any atom is 0.228 e. The van der Waals surface area contributed by atoms with Crippen molar-refractivity contribution in [2.45, 2.75) is 32.9 Å². The van der Waals surface area contributed by atoms with E-state index in [0.717, 1.165) is 11.1 Å². The highest BCUT2D eigenvalue weighted by molar-refractivity contribution is 5.89. The molecule has 2 atom stereocenters. The summed E-state index contributed by atoms with van der Waals surface area (Å²) >= 11 is 0. The zero-order chi connectivity index (χ0) is 20.1. The number of carbonyl (C=O) groups excluding carboxylic acids is 2. The number of nitrogens with zero attached hydrogens (tertiary/aromatic N) is 3. The van der Waals surface area contributed by atoms with E-state index in [9.17, 15) is 9.59 Å². The minimum atomic E-state index is -0.308. The number of nitriles is 1. The fourth-order valence-corrected chi connectivity index (χ4v) is 3.77. The summed E-state index contributed by atoms with van der Waals surface area (Å²) < 4.78 is 0. The molecule has 0 spiro atoms. The third-order valence-corrected chi connectivity index (χ3v) is 5.39. The van der Waals surface area contributed by atoms with Gasteiger partial charge in [-0.2, -0.15) is 5.26 Å². The van der Waals surface area contributed by atoms with Crippen molar-refractivity contribution in [1.29, 1.82) is 5.26 Å². The van der Waals surface area contributed by atoms with Crippen molar-refractivity contribution < 1.29 is 9.59 Å². The number of likely N-dealkylation sites (tertiary alicyclic amines) is 1. The van der Waals surface area contributed by atoms with Crippen molar-refractivity contribution in [3.63, 3.8) is 0 Å². The second-order valence-electron chi connectivity index (χ2n) is 7.19. The molecule has 1 aliphatic rings. The second-order valence-corrected chi connectivity index (χ2v) is 7.19. The van der Waals surface area contributed by atoms with E-state index in [1.165, 1.54) is 0 Å². The Morgan fingerprint density at radius 3 is 2.50 bits per heavy atom. The van der Waals surface area contributed by atoms with Crippen molar-refractivity contribution in [2.24, 2.45) is 5.92 Å². The topological polar surface area (TPSA) is 64.4 Å². The van der Waals surface area contributed by atoms with Gasteiger partial charge in [0, 0.05) is 26.1 Å². The van der Waals surface area contributed by atoms with Crippen LogP contribution in [0.2, 0.25) is 0 Å². The lowest BCUT2D eigenvalue weighted by Gasteiger charge is -2.30. The highest BCUT2D eigenvalue weighted by Gasteiger charge is 2.37. The van der Waals surface area contributed by atoms with Crippen LogP contribution in [0.5, 0.6) is 0 Å². The quantitative estimate of drug-likeness (QED) is 0.776. The lowest BCUT2D eigenvalue weighted by molar-refractivity contribution is -0.137. The highest BCUT2D eigenvalue weighted by atomic mass is 16.2. The lowest BCUT2D eigenvalue weighted by atomic mass is 10.0. The van der Waals surface area contributed by atoms with Crippen LogP contribution in [0, 0.1) is 17.2 Å². The first-order valence-electron chi connectivity index (χ1n) is 9.65. The summed E-state index contributed by atoms with van der Waals surface area (Å²) in [5.41, 5.74) is 2.66. The average molecular weight is 375 g/mol. The van der Waals surface area contributed by atoms with Crippen LogP contribution < -0.4 is 0 Å². The van der Waals surface area contributed by atoms with E-state index in [4.69, 9.17) is 5.26 Å². The molecule has 1 heterocycles. The molecule has 2 amide bonds. The number of hydrogen-bond donors (Lipinski definition) is 0. The van der Waals surface area contributed by atoms with E-state index in [0.29, 0.717) is 25.2 Å². The standard InChI is InChI=1S/C23H25N3O2/c1-3-26(17(2)20-11-9-18(14-24)10-12-20)23(28)21-13-22(27)25(16-21)15-19-7-5-4-6-8-19/h4-12,17,21H,3,13,15-16H2,1-2H3. The summed E-state index contributed by atoms with van der Waals surface area (Å²) in [6, 6.07) is 19.2. The van der Waals surface area contributed by atoms with Gasteiger partial charge in [-0.05, 0) is 37.1 Å². The van der Waals surface area contributed by atoms with Gasteiger partial charge in [0.25, 0.3) is 0 Å². The summed E-state index contributed by atoms with van der Waals surface area (Å²) in [5, 5.41) is 8.96. The monoisotopic (exact) mass is 375 g/mol. The summed E-state index contributed by atoms with van der Waals surface area (Å²) in [6.45, 7) is 5.52. The van der Waals surface area contributed by atoms with E-state index >= 15 is 0 Å². The molecule has 1 saturated heterocycles. The van der Waals surface area contributed by atoms with Gasteiger partial charge in [0.1, 0.15) is 0 Å². The molecule has 0 radical (unpaired) electrons. The zero-order valence-corrected chi connectivity index (χ0v) is 16.3. The molecule has 28 heavy (non-hydrogen) atoms. The first-order chi connectivity index (χ1) is 13.5. The minimum absolute atomic E-state index is 0.0169. The Hall–Kier alpha value is -3.13. The van der Waals surface area contributed by atoms with Crippen LogP contribution in [0.1, 0.15) is 43.0 Å². The Morgan fingerprint density at radius 2 is 1.89 bits per heavy atom. The van der Waals surface area contributed by atoms with Gasteiger partial charge in [0.15, 0.2) is 0 Å². The lowest BCUT2D eigenvalue weighted by Crippen LogP contribution is -2.39. The van der Waals surface area contributed by atoms with Gasteiger partial charge in [-0.15, -0.1) is 0 Å². The third-order valence-electron chi connectivity index (χ3n) is 5.39. The van der Waals surface area contributed by atoms with Crippen LogP contribution in [0.3, 0.4) is 0 Å². The summed E-state index contributed by atoms with van der Waals surface area (Å²) in [6.07, 6.45) is 0.266. The molecule has 0 aromatic heterocycles. The van der Waals surface area contributed by atoms with E-state index in [1.54, 1.807) is 17.0 Å². The maximum atomic E-state index is 13.2. The predicted molar refractivity (Wildman–Crippen MR) is 107 cm³/mol. The van der Waals surface area contributed by atoms with Crippen molar-refractivity contribution in [3.05, 3.63) is 71.3 Å². The Balaban J connectivity index is 1.68. The Labute approximate surface area is 166 Å². The van der Waals surface area contributed by atoms with Crippen molar-refractivity contribution >= 4 is 11.8 Å². The highest BCUT2D eigenvalue weighted by Crippen LogP contribution is 2.27. The van der Waals surface area contributed by atoms with E-state index < -0.39 is 0 Å². The van der Waals surface area contributed by atoms with Gasteiger partial charge >= 0.3 is 0 Å². The van der Waals surface area contributed by atoms with Crippen LogP contribution in [-0.4, -0.2) is 34.7 Å². The Bertz CT molecular complexity index is 871. The molecule has 2 aromatic rings. The first-order valence-corrected chi connectivity index (χ1v) is 9.65. The Morgan fingerprint density at radius 1 is 1.21 bits per heavy atom. The van der Waals surface area contributed by atoms with Crippen molar-refractivity contribution in [3.8, 4) is 6.07 Å². The smallest absolute Gasteiger partial charge is 0.228 e. The minimum Gasteiger partial charge on any atom is -0.338 e. The van der Waals surface area contributed by atoms with Crippen LogP contribution in [0.4, 0.5) is 0 Å². The predicted octanol–water partition coefficient (Wildman–Crippen LogP) is 3.52. The maximum absolute atomic E-state index is 13.2. The van der Waals surface area contributed by atoms with Gasteiger partial charge in [0.05, 0.1) is 23.6 Å². The van der Waals surface area contributed by atoms with Crippen LogP contribution in [0.15, 0.2) is 54.6 Å². The average Bonchev–Trinajstić information content (AvgIpc) is 3.09. The molecule has 0 aliphatic carbocycles. The van der Waals surface area contributed by atoms with Gasteiger partial charge in [-0.25, -0.2) is 0 Å². The van der Waals surface area contributed by atoms with Crippen LogP contribution >= 0.6 is 0 Å². The molecule has 0 N–H and O–H groups in total. The fourth-order valence-electron chi connectivity index (χ4n) is 3.77. The van der Waals surface area contributed by atoms with Gasteiger partial charge < -0.3 is 9.80 Å². The molecule has 5 nitrogen and oxygen atoms in total. The van der Waals surface area contributed by atoms with Gasteiger partial charge in [-0.3, -0.25) is 9.59 Å². The van der Waals surface area contributed by atoms with E-state index in [1.807, 2.05) is 61.2 Å². The number of rotatable bonds is 6. The number of hydrogen-bond acceptors (Lipinski definition) is 3. The summed E-state index contributed by atoms with van der Waals surface area (Å²) in [5.74, 6) is -0.260. The SMILES string of the molecule is CCN(C(=O)C1CC(=O)N(Cc2ccccc2)C1)C(C)c1ccc(C#N)cc1. The van der Waals surface area contributed by atoms with Crippen molar-refractivity contribution in [1.82, 2.24) is 9.80 Å². The van der Waals surface area contributed by atoms with Crippen LogP contribution in [0.25, 0.3) is 0 Å². The van der Waals surface area contributed by atoms with E-state index in [2.05, 4.69) is 6.07 Å². The molecule has 3 rings (SSSR count). The first kappa shape index (κ1) is 19.6. The van der Waals surface area contributed by atoms with E-state index in [-0.39, 0.29) is 30.2 Å². The summed E-state index contributed by atoms with van der Waals surface area (Å²) in [4.78, 5) is 29.2. The summed E-state index contributed by atoms with van der Waals surface area (Å²) in [7, 11) is 0. The normalized spacial score (nSPS) is 17.2. The van der Waals surface area contributed by atoms with Crippen molar-refractivity contribution in [2.75, 3.05) is 13.1 Å².